The van der Waals surface area contributed by atoms with Gasteiger partial charge < -0.3 is 9.64 Å². The molecule has 0 N–H and O–H groups in total. The van der Waals surface area contributed by atoms with Crippen LogP contribution in [0.2, 0.25) is 0 Å². The third kappa shape index (κ3) is 2.63. The number of carbonyl (C=O) groups is 1. The first-order valence-electron chi connectivity index (χ1n) is 5.13. The lowest BCUT2D eigenvalue weighted by molar-refractivity contribution is -0.121. The molecule has 8 heteroatoms. The molecule has 2 heterocycles. The van der Waals surface area contributed by atoms with Crippen molar-refractivity contribution < 1.29 is 17.9 Å². The van der Waals surface area contributed by atoms with Crippen LogP contribution in [-0.2, 0) is 19.4 Å². The van der Waals surface area contributed by atoms with Gasteiger partial charge in [-0.3, -0.25) is 4.79 Å². The lowest BCUT2D eigenvalue weighted by Gasteiger charge is -2.17. The molecular formula is C9H14N2O4S2. The first kappa shape index (κ1) is 12.8. The molecule has 2 unspecified atom stereocenters. The number of thioether (sulfide) groups is 1. The van der Waals surface area contributed by atoms with Gasteiger partial charge in [-0.1, -0.05) is 11.8 Å². The van der Waals surface area contributed by atoms with Crippen molar-refractivity contribution in [3.8, 4) is 0 Å². The Hall–Kier alpha value is -0.600. The average molecular weight is 278 g/mol. The number of rotatable bonds is 2. The van der Waals surface area contributed by atoms with Crippen LogP contribution in [0, 0.1) is 0 Å². The standard InChI is InChI=1S/C9H14N2O4S2/c1-11-6-4-17(13,14)5-7(6)16-9(11)10-8(12)3-15-2/h6-7H,3-5H2,1-2H3. The van der Waals surface area contributed by atoms with Gasteiger partial charge in [0.05, 0.1) is 17.5 Å². The molecule has 2 rings (SSSR count). The highest BCUT2D eigenvalue weighted by atomic mass is 32.2. The third-order valence-electron chi connectivity index (χ3n) is 2.82. The van der Waals surface area contributed by atoms with Crippen molar-refractivity contribution in [2.75, 3.05) is 32.3 Å². The van der Waals surface area contributed by atoms with Crippen molar-refractivity contribution >= 4 is 32.7 Å². The summed E-state index contributed by atoms with van der Waals surface area (Å²) in [7, 11) is 0.283. The molecule has 0 aliphatic carbocycles. The number of fused-ring (bicyclic) bond motifs is 1. The van der Waals surface area contributed by atoms with Crippen molar-refractivity contribution in [3.63, 3.8) is 0 Å². The largest absolute Gasteiger partial charge is 0.375 e. The highest BCUT2D eigenvalue weighted by Gasteiger charge is 2.47. The number of aliphatic imine (C=N–C) groups is 1. The van der Waals surface area contributed by atoms with Crippen LogP contribution in [-0.4, -0.2) is 68.0 Å². The Balaban J connectivity index is 2.10. The molecule has 17 heavy (non-hydrogen) atoms. The summed E-state index contributed by atoms with van der Waals surface area (Å²) >= 11 is 1.37. The molecule has 2 fully saturated rings. The Kier molecular flexibility index (Phi) is 3.46. The van der Waals surface area contributed by atoms with Gasteiger partial charge in [-0.2, -0.15) is 4.99 Å². The summed E-state index contributed by atoms with van der Waals surface area (Å²) in [4.78, 5) is 17.0. The Morgan fingerprint density at radius 1 is 1.59 bits per heavy atom. The number of sulfone groups is 1. The quantitative estimate of drug-likeness (QED) is 0.669. The first-order chi connectivity index (χ1) is 7.93. The summed E-state index contributed by atoms with van der Waals surface area (Å²) < 4.78 is 27.6. The van der Waals surface area contributed by atoms with Gasteiger partial charge in [-0.15, -0.1) is 0 Å². The summed E-state index contributed by atoms with van der Waals surface area (Å²) in [5.74, 6) is -0.0206. The van der Waals surface area contributed by atoms with E-state index in [1.807, 2.05) is 0 Å². The number of amidine groups is 1. The van der Waals surface area contributed by atoms with Gasteiger partial charge in [0.25, 0.3) is 5.91 Å². The van der Waals surface area contributed by atoms with E-state index in [-0.39, 0.29) is 35.3 Å². The van der Waals surface area contributed by atoms with Crippen LogP contribution in [0.25, 0.3) is 0 Å². The third-order valence-corrected chi connectivity index (χ3v) is 6.12. The molecule has 2 aliphatic rings. The number of hydrogen-bond acceptors (Lipinski definition) is 5. The van der Waals surface area contributed by atoms with Gasteiger partial charge in [0, 0.05) is 19.4 Å². The van der Waals surface area contributed by atoms with E-state index < -0.39 is 9.84 Å². The molecule has 2 atom stereocenters. The fourth-order valence-electron chi connectivity index (χ4n) is 2.00. The number of amides is 1. The van der Waals surface area contributed by atoms with Crippen molar-refractivity contribution in [1.82, 2.24) is 4.90 Å². The number of nitrogens with zero attached hydrogens (tertiary/aromatic N) is 2. The Morgan fingerprint density at radius 2 is 2.29 bits per heavy atom. The van der Waals surface area contributed by atoms with E-state index in [1.54, 1.807) is 11.9 Å². The normalized spacial score (nSPS) is 33.1. The zero-order valence-electron chi connectivity index (χ0n) is 9.62. The fraction of sp³-hybridized carbons (Fsp3) is 0.778. The van der Waals surface area contributed by atoms with E-state index in [2.05, 4.69) is 4.99 Å². The highest BCUT2D eigenvalue weighted by Crippen LogP contribution is 2.36. The van der Waals surface area contributed by atoms with E-state index in [9.17, 15) is 13.2 Å². The maximum Gasteiger partial charge on any atom is 0.274 e. The van der Waals surface area contributed by atoms with E-state index >= 15 is 0 Å². The van der Waals surface area contributed by atoms with Crippen molar-refractivity contribution in [2.45, 2.75) is 11.3 Å². The first-order valence-corrected chi connectivity index (χ1v) is 7.83. The molecule has 0 aromatic rings. The zero-order valence-corrected chi connectivity index (χ0v) is 11.3. The molecule has 0 saturated carbocycles. The van der Waals surface area contributed by atoms with Crippen LogP contribution in [0.1, 0.15) is 0 Å². The van der Waals surface area contributed by atoms with Crippen molar-refractivity contribution in [3.05, 3.63) is 0 Å². The maximum atomic E-state index is 11.5. The smallest absolute Gasteiger partial charge is 0.274 e. The van der Waals surface area contributed by atoms with E-state index in [4.69, 9.17) is 4.74 Å². The minimum absolute atomic E-state index is 0.000838. The van der Waals surface area contributed by atoms with Gasteiger partial charge in [-0.25, -0.2) is 8.42 Å². The molecule has 0 spiro atoms. The predicted molar refractivity (Wildman–Crippen MR) is 65.9 cm³/mol. The molecule has 0 radical (unpaired) electrons. The topological polar surface area (TPSA) is 76.0 Å². The van der Waals surface area contributed by atoms with E-state index in [0.29, 0.717) is 5.17 Å². The van der Waals surface area contributed by atoms with Gasteiger partial charge >= 0.3 is 0 Å². The molecule has 0 aromatic heterocycles. The van der Waals surface area contributed by atoms with Crippen molar-refractivity contribution in [1.29, 1.82) is 0 Å². The summed E-state index contributed by atoms with van der Waals surface area (Å²) in [6.07, 6.45) is 0. The molecule has 0 aromatic carbocycles. The maximum absolute atomic E-state index is 11.5. The highest BCUT2D eigenvalue weighted by molar-refractivity contribution is 8.15. The fourth-order valence-corrected chi connectivity index (χ4v) is 6.01. The second kappa shape index (κ2) is 4.58. The molecule has 6 nitrogen and oxygen atoms in total. The van der Waals surface area contributed by atoms with Crippen molar-refractivity contribution in [2.24, 2.45) is 4.99 Å². The second-order valence-electron chi connectivity index (χ2n) is 4.13. The van der Waals surface area contributed by atoms with Gasteiger partial charge in [0.1, 0.15) is 6.61 Å². The van der Waals surface area contributed by atoms with E-state index in [0.717, 1.165) is 0 Å². The monoisotopic (exact) mass is 278 g/mol. The van der Waals surface area contributed by atoms with Gasteiger partial charge in [0.15, 0.2) is 15.0 Å². The second-order valence-corrected chi connectivity index (χ2v) is 7.49. The van der Waals surface area contributed by atoms with Crippen LogP contribution in [0.15, 0.2) is 4.99 Å². The van der Waals surface area contributed by atoms with E-state index in [1.165, 1.54) is 18.9 Å². The van der Waals surface area contributed by atoms with Crippen LogP contribution in [0.3, 0.4) is 0 Å². The number of carbonyl (C=O) groups excluding carboxylic acids is 1. The molecule has 1 amide bonds. The number of ether oxygens (including phenoxy) is 1. The molecule has 2 aliphatic heterocycles. The predicted octanol–water partition coefficient (Wildman–Crippen LogP) is -0.640. The minimum atomic E-state index is -2.93. The summed E-state index contributed by atoms with van der Waals surface area (Å²) in [5.41, 5.74) is 0. The molecule has 2 saturated heterocycles. The van der Waals surface area contributed by atoms with Gasteiger partial charge in [0.2, 0.25) is 0 Å². The van der Waals surface area contributed by atoms with Crippen LogP contribution in [0.5, 0.6) is 0 Å². The summed E-state index contributed by atoms with van der Waals surface area (Å²) in [6.45, 7) is -0.0501. The number of methoxy groups -OCH3 is 1. The Morgan fingerprint density at radius 3 is 2.88 bits per heavy atom. The summed E-state index contributed by atoms with van der Waals surface area (Å²) in [5, 5.41) is 0.594. The Labute approximate surface area is 104 Å². The number of hydrogen-bond donors (Lipinski definition) is 0. The lowest BCUT2D eigenvalue weighted by atomic mass is 10.2. The lowest BCUT2D eigenvalue weighted by Crippen LogP contribution is -2.34. The van der Waals surface area contributed by atoms with Crippen LogP contribution in [0.4, 0.5) is 0 Å². The molecular weight excluding hydrogens is 264 g/mol. The van der Waals surface area contributed by atoms with Crippen LogP contribution < -0.4 is 0 Å². The van der Waals surface area contributed by atoms with Gasteiger partial charge in [-0.05, 0) is 0 Å². The van der Waals surface area contributed by atoms with Crippen LogP contribution >= 0.6 is 11.8 Å². The molecule has 0 bridgehead atoms. The molecule has 96 valence electrons. The Bertz CT molecular complexity index is 460. The minimum Gasteiger partial charge on any atom is -0.375 e. The average Bonchev–Trinajstić information content (AvgIpc) is 2.63. The zero-order chi connectivity index (χ0) is 12.6. The SMILES string of the molecule is COCC(=O)N=C1SC2CS(=O)(=O)CC2N1C. The summed E-state index contributed by atoms with van der Waals surface area (Å²) in [6, 6.07) is -0.0564.